The Hall–Kier alpha value is -3.02. The SMILES string of the molecule is CC(C)COC(=O)N[C@@H](C(=O)N[C@H](CC(C)C)C(=O)N[C@H](C[C@H]1CCNC1=O)C(=O)c1nccs1)C(C)C. The normalized spacial score (nSPS) is 17.6. The fraction of sp³-hybridized carbons (Fsp3) is 0.692. The number of hydrogen-bond donors (Lipinski definition) is 4. The summed E-state index contributed by atoms with van der Waals surface area (Å²) in [4.78, 5) is 68.3. The molecule has 4 N–H and O–H groups in total. The van der Waals surface area contributed by atoms with Gasteiger partial charge in [-0.2, -0.15) is 0 Å². The number of Topliss-reactive ketones (excluding diaryl/α,β-unsaturated/α-hetero) is 1. The Kier molecular flexibility index (Phi) is 12.1. The summed E-state index contributed by atoms with van der Waals surface area (Å²) in [5.41, 5.74) is 0. The smallest absolute Gasteiger partial charge is 0.407 e. The highest BCUT2D eigenvalue weighted by molar-refractivity contribution is 7.11. The molecule has 0 aliphatic carbocycles. The molecule has 11 nitrogen and oxygen atoms in total. The molecule has 0 bridgehead atoms. The molecule has 1 aliphatic heterocycles. The fourth-order valence-electron chi connectivity index (χ4n) is 4.06. The Morgan fingerprint density at radius 1 is 1.03 bits per heavy atom. The van der Waals surface area contributed by atoms with Crippen LogP contribution < -0.4 is 21.3 Å². The highest BCUT2D eigenvalue weighted by Gasteiger charge is 2.35. The molecule has 1 aromatic heterocycles. The van der Waals surface area contributed by atoms with Gasteiger partial charge in [-0.3, -0.25) is 19.2 Å². The minimum atomic E-state index is -0.973. The molecular formula is C26H41N5O6S. The van der Waals surface area contributed by atoms with Crippen molar-refractivity contribution < 1.29 is 28.7 Å². The van der Waals surface area contributed by atoms with Crippen molar-refractivity contribution in [2.75, 3.05) is 13.2 Å². The van der Waals surface area contributed by atoms with Crippen molar-refractivity contribution in [2.45, 2.75) is 78.9 Å². The van der Waals surface area contributed by atoms with Crippen molar-refractivity contribution in [3.63, 3.8) is 0 Å². The number of thiazole rings is 1. The molecule has 212 valence electrons. The molecule has 1 fully saturated rings. The molecular weight excluding hydrogens is 510 g/mol. The average Bonchev–Trinajstić information content (AvgIpc) is 3.51. The van der Waals surface area contributed by atoms with Gasteiger partial charge in [0, 0.05) is 24.0 Å². The zero-order valence-corrected chi connectivity index (χ0v) is 23.9. The lowest BCUT2D eigenvalue weighted by molar-refractivity contribution is -0.131. The summed E-state index contributed by atoms with van der Waals surface area (Å²) in [6, 6.07) is -2.85. The van der Waals surface area contributed by atoms with Gasteiger partial charge in [-0.1, -0.05) is 41.5 Å². The average molecular weight is 552 g/mol. The van der Waals surface area contributed by atoms with E-state index in [1.165, 1.54) is 6.20 Å². The van der Waals surface area contributed by atoms with Gasteiger partial charge in [0.2, 0.25) is 23.5 Å². The molecule has 0 saturated carbocycles. The zero-order valence-electron chi connectivity index (χ0n) is 23.0. The molecule has 0 aromatic carbocycles. The first kappa shape index (κ1) is 31.2. The molecule has 2 heterocycles. The van der Waals surface area contributed by atoms with Crippen LogP contribution in [0.2, 0.25) is 0 Å². The molecule has 0 spiro atoms. The molecule has 1 aromatic rings. The summed E-state index contributed by atoms with van der Waals surface area (Å²) in [7, 11) is 0. The van der Waals surface area contributed by atoms with Crippen LogP contribution in [0.25, 0.3) is 0 Å². The van der Waals surface area contributed by atoms with Crippen LogP contribution in [-0.2, 0) is 19.1 Å². The van der Waals surface area contributed by atoms with E-state index in [4.69, 9.17) is 4.74 Å². The highest BCUT2D eigenvalue weighted by atomic mass is 32.1. The largest absolute Gasteiger partial charge is 0.449 e. The second kappa shape index (κ2) is 14.8. The number of hydrogen-bond acceptors (Lipinski definition) is 8. The van der Waals surface area contributed by atoms with Crippen molar-refractivity contribution >= 4 is 40.9 Å². The quantitative estimate of drug-likeness (QED) is 0.259. The topological polar surface area (TPSA) is 156 Å². The van der Waals surface area contributed by atoms with E-state index >= 15 is 0 Å². The highest BCUT2D eigenvalue weighted by Crippen LogP contribution is 2.20. The van der Waals surface area contributed by atoms with Crippen LogP contribution in [0.5, 0.6) is 0 Å². The minimum absolute atomic E-state index is 0.0428. The van der Waals surface area contributed by atoms with Gasteiger partial charge >= 0.3 is 6.09 Å². The number of nitrogens with one attached hydrogen (secondary N) is 4. The van der Waals surface area contributed by atoms with Gasteiger partial charge in [0.15, 0.2) is 5.01 Å². The number of rotatable bonds is 14. The molecule has 1 saturated heterocycles. The first-order valence-electron chi connectivity index (χ1n) is 13.1. The number of nitrogens with zero attached hydrogens (tertiary/aromatic N) is 1. The van der Waals surface area contributed by atoms with Crippen LogP contribution in [0.1, 0.15) is 70.6 Å². The number of amides is 4. The van der Waals surface area contributed by atoms with Crippen LogP contribution >= 0.6 is 11.3 Å². The number of alkyl carbamates (subject to hydrolysis) is 1. The van der Waals surface area contributed by atoms with Crippen LogP contribution in [0.3, 0.4) is 0 Å². The Labute approximate surface area is 228 Å². The van der Waals surface area contributed by atoms with Crippen molar-refractivity contribution in [3.8, 4) is 0 Å². The van der Waals surface area contributed by atoms with Crippen LogP contribution in [-0.4, -0.2) is 65.9 Å². The fourth-order valence-corrected chi connectivity index (χ4v) is 4.69. The summed E-state index contributed by atoms with van der Waals surface area (Å²) >= 11 is 1.16. The summed E-state index contributed by atoms with van der Waals surface area (Å²) in [5.74, 6) is -2.10. The van der Waals surface area contributed by atoms with E-state index in [1.807, 2.05) is 27.7 Å². The number of aromatic nitrogens is 1. The number of carbonyl (C=O) groups is 5. The number of ketones is 1. The third kappa shape index (κ3) is 9.70. The molecule has 4 amide bonds. The maximum atomic E-state index is 13.4. The van der Waals surface area contributed by atoms with Gasteiger partial charge in [-0.25, -0.2) is 9.78 Å². The molecule has 2 rings (SSSR count). The first-order chi connectivity index (χ1) is 17.9. The lowest BCUT2D eigenvalue weighted by Gasteiger charge is -2.27. The van der Waals surface area contributed by atoms with Crippen LogP contribution in [0, 0.1) is 23.7 Å². The van der Waals surface area contributed by atoms with Gasteiger partial charge in [0.05, 0.1) is 12.6 Å². The van der Waals surface area contributed by atoms with Gasteiger partial charge in [-0.05, 0) is 37.0 Å². The third-order valence-electron chi connectivity index (χ3n) is 6.07. The van der Waals surface area contributed by atoms with E-state index in [9.17, 15) is 24.0 Å². The molecule has 12 heteroatoms. The zero-order chi connectivity index (χ0) is 28.4. The summed E-state index contributed by atoms with van der Waals surface area (Å²) < 4.78 is 5.15. The van der Waals surface area contributed by atoms with E-state index in [0.29, 0.717) is 19.4 Å². The number of carbonyl (C=O) groups excluding carboxylic acids is 5. The lowest BCUT2D eigenvalue weighted by Crippen LogP contribution is -2.57. The molecule has 4 atom stereocenters. The molecule has 0 radical (unpaired) electrons. The second-order valence-corrected chi connectivity index (χ2v) is 11.7. The standard InChI is InChI=1S/C26H41N5O6S/c1-14(2)11-19(30-24(35)20(16(5)6)31-26(36)37-13-15(3)4)23(34)29-18(12-17-7-8-27-22(17)33)21(32)25-28-9-10-38-25/h9-10,14-20H,7-8,11-13H2,1-6H3,(H,27,33)(H,29,34)(H,30,35)(H,31,36)/t17-,18-,19-,20-/m1/s1. The molecule has 38 heavy (non-hydrogen) atoms. The summed E-state index contributed by atoms with van der Waals surface area (Å²) in [6.07, 6.45) is 1.81. The lowest BCUT2D eigenvalue weighted by atomic mass is 9.95. The predicted molar refractivity (Wildman–Crippen MR) is 143 cm³/mol. The van der Waals surface area contributed by atoms with E-state index in [0.717, 1.165) is 11.3 Å². The third-order valence-corrected chi connectivity index (χ3v) is 6.86. The maximum Gasteiger partial charge on any atom is 0.407 e. The van der Waals surface area contributed by atoms with Crippen LogP contribution in [0.4, 0.5) is 4.79 Å². The first-order valence-corrected chi connectivity index (χ1v) is 14.0. The van der Waals surface area contributed by atoms with Crippen LogP contribution in [0.15, 0.2) is 11.6 Å². The summed E-state index contributed by atoms with van der Waals surface area (Å²) in [6.45, 7) is 11.9. The van der Waals surface area contributed by atoms with Gasteiger partial charge in [-0.15, -0.1) is 11.3 Å². The van der Waals surface area contributed by atoms with Gasteiger partial charge < -0.3 is 26.0 Å². The van der Waals surface area contributed by atoms with Gasteiger partial charge in [0.25, 0.3) is 0 Å². The molecule has 1 aliphatic rings. The Bertz CT molecular complexity index is 965. The Balaban J connectivity index is 2.17. The van der Waals surface area contributed by atoms with Crippen molar-refractivity contribution in [3.05, 3.63) is 16.6 Å². The van der Waals surface area contributed by atoms with E-state index in [-0.39, 0.29) is 47.5 Å². The molecule has 0 unspecified atom stereocenters. The van der Waals surface area contributed by atoms with Gasteiger partial charge in [0.1, 0.15) is 12.1 Å². The predicted octanol–water partition coefficient (Wildman–Crippen LogP) is 2.27. The summed E-state index contributed by atoms with van der Waals surface area (Å²) in [5, 5.41) is 12.8. The number of ether oxygens (including phenoxy) is 1. The maximum absolute atomic E-state index is 13.4. The second-order valence-electron chi connectivity index (χ2n) is 10.8. The van der Waals surface area contributed by atoms with Crippen molar-refractivity contribution in [1.82, 2.24) is 26.3 Å². The van der Waals surface area contributed by atoms with Crippen molar-refractivity contribution in [1.29, 1.82) is 0 Å². The van der Waals surface area contributed by atoms with E-state index in [1.54, 1.807) is 19.2 Å². The minimum Gasteiger partial charge on any atom is -0.449 e. The van der Waals surface area contributed by atoms with E-state index in [2.05, 4.69) is 26.3 Å². The van der Waals surface area contributed by atoms with Crippen molar-refractivity contribution in [2.24, 2.45) is 23.7 Å². The Morgan fingerprint density at radius 3 is 2.24 bits per heavy atom. The monoisotopic (exact) mass is 551 g/mol. The Morgan fingerprint density at radius 2 is 1.71 bits per heavy atom. The van der Waals surface area contributed by atoms with E-state index < -0.39 is 42.0 Å².